The molecular weight excluding hydrogens is 557 g/mol. The van der Waals surface area contributed by atoms with Crippen LogP contribution in [0.3, 0.4) is 0 Å². The lowest BCUT2D eigenvalue weighted by Gasteiger charge is -2.35. The summed E-state index contributed by atoms with van der Waals surface area (Å²) in [5.41, 5.74) is 3.29. The van der Waals surface area contributed by atoms with E-state index in [9.17, 15) is 19.1 Å². The Morgan fingerprint density at radius 1 is 1.05 bits per heavy atom. The van der Waals surface area contributed by atoms with Gasteiger partial charge >= 0.3 is 0 Å². The summed E-state index contributed by atoms with van der Waals surface area (Å²) in [6.45, 7) is 10.6. The first-order valence-corrected chi connectivity index (χ1v) is 14.9. The van der Waals surface area contributed by atoms with Crippen molar-refractivity contribution in [2.75, 3.05) is 18.4 Å². The molecule has 1 saturated heterocycles. The van der Waals surface area contributed by atoms with Gasteiger partial charge in [0.25, 0.3) is 5.56 Å². The first kappa shape index (κ1) is 31.2. The second-order valence-electron chi connectivity index (χ2n) is 13.1. The van der Waals surface area contributed by atoms with Gasteiger partial charge < -0.3 is 10.4 Å². The molecule has 44 heavy (non-hydrogen) atoms. The van der Waals surface area contributed by atoms with Crippen molar-refractivity contribution in [3.8, 4) is 11.3 Å². The van der Waals surface area contributed by atoms with E-state index in [0.29, 0.717) is 22.6 Å². The van der Waals surface area contributed by atoms with Gasteiger partial charge in [-0.25, -0.2) is 14.1 Å². The van der Waals surface area contributed by atoms with Crippen LogP contribution in [-0.4, -0.2) is 49.2 Å². The average molecular weight is 598 g/mol. The smallest absolute Gasteiger partial charge is 0.290 e. The van der Waals surface area contributed by atoms with E-state index in [4.69, 9.17) is 0 Å². The third kappa shape index (κ3) is 7.46. The van der Waals surface area contributed by atoms with Crippen LogP contribution in [0.2, 0.25) is 0 Å². The number of aryl methyl sites for hydroxylation is 1. The second kappa shape index (κ2) is 12.4. The summed E-state index contributed by atoms with van der Waals surface area (Å²) in [6, 6.07) is 17.4. The van der Waals surface area contributed by atoms with Crippen molar-refractivity contribution in [1.82, 2.24) is 19.7 Å². The highest BCUT2D eigenvalue weighted by Gasteiger charge is 2.27. The van der Waals surface area contributed by atoms with Crippen molar-refractivity contribution in [3.05, 3.63) is 105 Å². The van der Waals surface area contributed by atoms with Crippen molar-refractivity contribution in [2.24, 2.45) is 7.05 Å². The number of benzene rings is 2. The number of halogens is 1. The normalized spacial score (nSPS) is 15.2. The van der Waals surface area contributed by atoms with Crippen molar-refractivity contribution in [3.63, 3.8) is 0 Å². The lowest BCUT2D eigenvalue weighted by molar-refractivity contribution is -0.00732. The molecule has 1 aliphatic heterocycles. The van der Waals surface area contributed by atoms with Crippen molar-refractivity contribution in [1.29, 1.82) is 0 Å². The Morgan fingerprint density at radius 3 is 2.39 bits per heavy atom. The minimum atomic E-state index is -0.593. The van der Waals surface area contributed by atoms with E-state index < -0.39 is 11.4 Å². The summed E-state index contributed by atoms with van der Waals surface area (Å²) in [7, 11) is 1.55. The van der Waals surface area contributed by atoms with Crippen LogP contribution in [-0.2, 0) is 25.4 Å². The Kier molecular flexibility index (Phi) is 8.81. The van der Waals surface area contributed by atoms with Gasteiger partial charge in [-0.1, -0.05) is 51.1 Å². The number of Topliss-reactive ketones (excluding diaryl/α,β-unsaturated/α-hetero) is 1. The molecule has 0 saturated carbocycles. The summed E-state index contributed by atoms with van der Waals surface area (Å²) in [5, 5.41) is 17.7. The number of rotatable bonds is 8. The predicted octanol–water partition coefficient (Wildman–Crippen LogP) is 5.79. The molecule has 9 heteroatoms. The van der Waals surface area contributed by atoms with Crippen LogP contribution < -0.4 is 10.9 Å². The lowest BCUT2D eigenvalue weighted by Crippen LogP contribution is -2.41. The minimum absolute atomic E-state index is 0.0320. The fourth-order valence-electron chi connectivity index (χ4n) is 5.32. The zero-order chi connectivity index (χ0) is 31.6. The molecule has 3 heterocycles. The van der Waals surface area contributed by atoms with Crippen LogP contribution in [0.4, 0.5) is 15.9 Å². The third-order valence-corrected chi connectivity index (χ3v) is 8.26. The number of aliphatic hydroxyl groups is 1. The van der Waals surface area contributed by atoms with Gasteiger partial charge in [-0.15, -0.1) is 0 Å². The van der Waals surface area contributed by atoms with E-state index in [1.807, 2.05) is 31.2 Å². The van der Waals surface area contributed by atoms with Gasteiger partial charge in [-0.05, 0) is 72.2 Å². The maximum atomic E-state index is 14.8. The lowest BCUT2D eigenvalue weighted by atomic mass is 9.86. The Hall–Kier alpha value is -4.21. The van der Waals surface area contributed by atoms with Gasteiger partial charge in [0, 0.05) is 50.4 Å². The number of nitrogens with one attached hydrogen (secondary N) is 1. The molecule has 0 radical (unpaired) electrons. The molecule has 2 N–H and O–H groups in total. The standard InChI is InChI=1S/C35H40FN5O3/c1-34(2,3)27-10-7-24(8-11-27)31(42)19-26-18-25(9-12-28(26)36)29-20-30(33(43)40(5)39-29)38-32-13-6-23(21-37-32)22-41-16-14-35(4,44)15-17-41/h6-13,18,20-21,44H,14-17,19,22H2,1-5H3,(H,37,38). The SMILES string of the molecule is Cn1nc(-c2ccc(F)c(CC(=O)c3ccc(C(C)(C)C)cc3)c2)cc(Nc2ccc(CN3CCC(C)(O)CC3)cn2)c1=O. The van der Waals surface area contributed by atoms with E-state index in [2.05, 4.69) is 41.1 Å². The summed E-state index contributed by atoms with van der Waals surface area (Å²) >= 11 is 0. The van der Waals surface area contributed by atoms with E-state index in [0.717, 1.165) is 43.6 Å². The van der Waals surface area contributed by atoms with E-state index >= 15 is 0 Å². The Balaban J connectivity index is 1.31. The molecule has 0 atom stereocenters. The van der Waals surface area contributed by atoms with Gasteiger partial charge in [0.15, 0.2) is 5.78 Å². The van der Waals surface area contributed by atoms with Gasteiger partial charge in [-0.2, -0.15) is 5.10 Å². The first-order valence-electron chi connectivity index (χ1n) is 14.9. The van der Waals surface area contributed by atoms with Crippen LogP contribution in [0.15, 0.2) is 71.7 Å². The molecule has 0 bridgehead atoms. The van der Waals surface area contributed by atoms with Crippen LogP contribution in [0.1, 0.15) is 67.6 Å². The minimum Gasteiger partial charge on any atom is -0.390 e. The number of hydrogen-bond acceptors (Lipinski definition) is 7. The number of likely N-dealkylation sites (tertiary alicyclic amines) is 1. The van der Waals surface area contributed by atoms with E-state index in [1.54, 1.807) is 43.6 Å². The number of nitrogens with zero attached hydrogens (tertiary/aromatic N) is 4. The largest absolute Gasteiger partial charge is 0.390 e. The molecule has 8 nitrogen and oxygen atoms in total. The summed E-state index contributed by atoms with van der Waals surface area (Å²) in [6.07, 6.45) is 3.16. The highest BCUT2D eigenvalue weighted by Crippen LogP contribution is 2.26. The van der Waals surface area contributed by atoms with Gasteiger partial charge in [-0.3, -0.25) is 14.5 Å². The van der Waals surface area contributed by atoms with Crippen LogP contribution in [0.25, 0.3) is 11.3 Å². The van der Waals surface area contributed by atoms with E-state index in [1.165, 1.54) is 10.7 Å². The van der Waals surface area contributed by atoms with Crippen molar-refractivity contribution in [2.45, 2.75) is 64.5 Å². The van der Waals surface area contributed by atoms with Crippen molar-refractivity contribution < 1.29 is 14.3 Å². The number of hydrogen-bond donors (Lipinski definition) is 2. The first-order chi connectivity index (χ1) is 20.8. The Bertz CT molecular complexity index is 1700. The fraction of sp³-hybridized carbons (Fsp3) is 0.371. The summed E-state index contributed by atoms with van der Waals surface area (Å²) in [4.78, 5) is 32.8. The number of ketones is 1. The molecule has 0 amide bonds. The highest BCUT2D eigenvalue weighted by atomic mass is 19.1. The third-order valence-electron chi connectivity index (χ3n) is 8.26. The zero-order valence-corrected chi connectivity index (χ0v) is 26.0. The van der Waals surface area contributed by atoms with Crippen LogP contribution in [0, 0.1) is 5.82 Å². The quantitative estimate of drug-likeness (QED) is 0.248. The molecule has 0 aliphatic carbocycles. The fourth-order valence-corrected chi connectivity index (χ4v) is 5.32. The molecule has 0 unspecified atom stereocenters. The van der Waals surface area contributed by atoms with Crippen LogP contribution >= 0.6 is 0 Å². The molecule has 1 fully saturated rings. The Labute approximate surface area is 257 Å². The maximum Gasteiger partial charge on any atom is 0.290 e. The van der Waals surface area contributed by atoms with Gasteiger partial charge in [0.05, 0.1) is 11.3 Å². The number of anilines is 2. The number of piperidine rings is 1. The number of carbonyl (C=O) groups excluding carboxylic acids is 1. The molecule has 5 rings (SSSR count). The zero-order valence-electron chi connectivity index (χ0n) is 26.0. The highest BCUT2D eigenvalue weighted by molar-refractivity contribution is 5.97. The predicted molar refractivity (Wildman–Crippen MR) is 171 cm³/mol. The van der Waals surface area contributed by atoms with Gasteiger partial charge in [0.1, 0.15) is 17.3 Å². The summed E-state index contributed by atoms with van der Waals surface area (Å²) < 4.78 is 16.1. The number of pyridine rings is 1. The average Bonchev–Trinajstić information content (AvgIpc) is 2.98. The number of aromatic nitrogens is 3. The summed E-state index contributed by atoms with van der Waals surface area (Å²) in [5.74, 6) is -0.151. The maximum absolute atomic E-state index is 14.8. The number of carbonyl (C=O) groups is 1. The van der Waals surface area contributed by atoms with E-state index in [-0.39, 0.29) is 34.4 Å². The molecule has 1 aliphatic rings. The molecular formula is C35H40FN5O3. The van der Waals surface area contributed by atoms with Crippen molar-refractivity contribution >= 4 is 17.3 Å². The van der Waals surface area contributed by atoms with Gasteiger partial charge in [0.2, 0.25) is 0 Å². The molecule has 0 spiro atoms. The Morgan fingerprint density at radius 2 is 1.75 bits per heavy atom. The molecule has 230 valence electrons. The molecule has 2 aromatic carbocycles. The monoisotopic (exact) mass is 597 g/mol. The second-order valence-corrected chi connectivity index (χ2v) is 13.1. The molecule has 2 aromatic heterocycles. The van der Waals surface area contributed by atoms with Crippen LogP contribution in [0.5, 0.6) is 0 Å². The molecule has 4 aromatic rings. The topological polar surface area (TPSA) is 100 Å².